The van der Waals surface area contributed by atoms with E-state index in [9.17, 15) is 13.2 Å². The predicted octanol–water partition coefficient (Wildman–Crippen LogP) is 3.05. The number of benzene rings is 2. The van der Waals surface area contributed by atoms with Crippen molar-refractivity contribution in [1.29, 1.82) is 0 Å². The number of sulfonamides is 1. The minimum atomic E-state index is -3.69. The molecule has 0 aromatic heterocycles. The Kier molecular flexibility index (Phi) is 6.03. The summed E-state index contributed by atoms with van der Waals surface area (Å²) >= 11 is 0. The van der Waals surface area contributed by atoms with Gasteiger partial charge >= 0.3 is 5.97 Å². The third-order valence-electron chi connectivity index (χ3n) is 3.65. The molecule has 0 unspecified atom stereocenters. The van der Waals surface area contributed by atoms with E-state index in [0.29, 0.717) is 11.4 Å². The molecule has 0 aliphatic carbocycles. The van der Waals surface area contributed by atoms with Crippen molar-refractivity contribution < 1.29 is 22.7 Å². The molecule has 134 valence electrons. The van der Waals surface area contributed by atoms with Gasteiger partial charge in [0.2, 0.25) is 0 Å². The molecule has 0 spiro atoms. The highest BCUT2D eigenvalue weighted by Gasteiger charge is 2.16. The van der Waals surface area contributed by atoms with E-state index in [1.807, 2.05) is 32.0 Å². The molecule has 0 bridgehead atoms. The second-order valence-corrected chi connectivity index (χ2v) is 7.20. The maximum absolute atomic E-state index is 12.5. The first-order valence-corrected chi connectivity index (χ1v) is 9.20. The fourth-order valence-electron chi connectivity index (χ4n) is 2.24. The maximum Gasteiger partial charge on any atom is 0.308 e. The van der Waals surface area contributed by atoms with Crippen LogP contribution in [0.15, 0.2) is 47.4 Å². The number of rotatable bonds is 7. The summed E-state index contributed by atoms with van der Waals surface area (Å²) < 4.78 is 37.6. The number of para-hydroxylation sites is 1. The molecule has 0 aliphatic heterocycles. The Morgan fingerprint density at radius 2 is 1.64 bits per heavy atom. The number of aryl methyl sites for hydroxylation is 2. The van der Waals surface area contributed by atoms with Crippen molar-refractivity contribution in [3.05, 3.63) is 53.6 Å². The summed E-state index contributed by atoms with van der Waals surface area (Å²) in [5.74, 6) is 0.118. The lowest BCUT2D eigenvalue weighted by Gasteiger charge is -2.13. The van der Waals surface area contributed by atoms with Gasteiger partial charge in [0.15, 0.2) is 0 Å². The highest BCUT2D eigenvalue weighted by molar-refractivity contribution is 7.92. The van der Waals surface area contributed by atoms with E-state index >= 15 is 0 Å². The van der Waals surface area contributed by atoms with Crippen molar-refractivity contribution >= 4 is 21.7 Å². The van der Waals surface area contributed by atoms with E-state index in [2.05, 4.69) is 9.46 Å². The van der Waals surface area contributed by atoms with Gasteiger partial charge in [-0.3, -0.25) is 9.52 Å². The number of hydrogen-bond donors (Lipinski definition) is 1. The minimum Gasteiger partial charge on any atom is -0.493 e. The third-order valence-corrected chi connectivity index (χ3v) is 5.02. The second-order valence-electron chi connectivity index (χ2n) is 5.52. The summed E-state index contributed by atoms with van der Waals surface area (Å²) in [7, 11) is -2.38. The Labute approximate surface area is 147 Å². The smallest absolute Gasteiger partial charge is 0.308 e. The molecule has 0 atom stereocenters. The average Bonchev–Trinajstić information content (AvgIpc) is 2.58. The Hall–Kier alpha value is -2.54. The molecular weight excluding hydrogens is 342 g/mol. The average molecular weight is 363 g/mol. The molecule has 7 heteroatoms. The van der Waals surface area contributed by atoms with Gasteiger partial charge in [0.25, 0.3) is 10.0 Å². The van der Waals surface area contributed by atoms with Crippen LogP contribution in [0.5, 0.6) is 5.75 Å². The van der Waals surface area contributed by atoms with Crippen LogP contribution in [0.4, 0.5) is 5.69 Å². The predicted molar refractivity (Wildman–Crippen MR) is 95.3 cm³/mol. The summed E-state index contributed by atoms with van der Waals surface area (Å²) in [5, 5.41) is 0. The standard InChI is InChI=1S/C18H21NO5S/c1-13-5-4-6-14(2)18(13)19-25(21,22)16-9-7-15(8-10-16)24-12-11-17(20)23-3/h4-10,19H,11-12H2,1-3H3. The maximum atomic E-state index is 12.5. The molecule has 0 amide bonds. The first-order valence-electron chi connectivity index (χ1n) is 7.72. The van der Waals surface area contributed by atoms with Crippen LogP contribution in [0, 0.1) is 13.8 Å². The van der Waals surface area contributed by atoms with Gasteiger partial charge in [-0.25, -0.2) is 8.42 Å². The highest BCUT2D eigenvalue weighted by atomic mass is 32.2. The Morgan fingerprint density at radius 3 is 2.20 bits per heavy atom. The van der Waals surface area contributed by atoms with Crippen molar-refractivity contribution in [2.75, 3.05) is 18.4 Å². The number of anilines is 1. The fourth-order valence-corrected chi connectivity index (χ4v) is 3.44. The van der Waals surface area contributed by atoms with Gasteiger partial charge in [-0.15, -0.1) is 0 Å². The number of methoxy groups -OCH3 is 1. The molecule has 1 N–H and O–H groups in total. The summed E-state index contributed by atoms with van der Waals surface area (Å²) in [6.07, 6.45) is 0.130. The Morgan fingerprint density at radius 1 is 1.04 bits per heavy atom. The molecule has 0 radical (unpaired) electrons. The van der Waals surface area contributed by atoms with Crippen molar-refractivity contribution in [3.63, 3.8) is 0 Å². The van der Waals surface area contributed by atoms with Crippen LogP contribution in [0.1, 0.15) is 17.5 Å². The zero-order chi connectivity index (χ0) is 18.4. The molecule has 2 aromatic carbocycles. The first kappa shape index (κ1) is 18.8. The Balaban J connectivity index is 2.09. The Bertz CT molecular complexity index is 824. The van der Waals surface area contributed by atoms with Crippen LogP contribution < -0.4 is 9.46 Å². The molecule has 0 fully saturated rings. The lowest BCUT2D eigenvalue weighted by Crippen LogP contribution is -2.14. The van der Waals surface area contributed by atoms with E-state index < -0.39 is 10.0 Å². The molecular formula is C18H21NO5S. The number of esters is 1. The van der Waals surface area contributed by atoms with Crippen LogP contribution >= 0.6 is 0 Å². The van der Waals surface area contributed by atoms with E-state index in [-0.39, 0.29) is 23.9 Å². The quantitative estimate of drug-likeness (QED) is 0.765. The summed E-state index contributed by atoms with van der Waals surface area (Å²) in [4.78, 5) is 11.2. The van der Waals surface area contributed by atoms with E-state index in [0.717, 1.165) is 11.1 Å². The monoisotopic (exact) mass is 363 g/mol. The number of nitrogens with one attached hydrogen (secondary N) is 1. The molecule has 0 heterocycles. The molecule has 2 aromatic rings. The number of carbonyl (C=O) groups excluding carboxylic acids is 1. The molecule has 25 heavy (non-hydrogen) atoms. The van der Waals surface area contributed by atoms with Gasteiger partial charge in [0.1, 0.15) is 5.75 Å². The van der Waals surface area contributed by atoms with Gasteiger partial charge in [-0.2, -0.15) is 0 Å². The molecule has 0 aliphatic rings. The number of ether oxygens (including phenoxy) is 2. The molecule has 0 saturated heterocycles. The zero-order valence-electron chi connectivity index (χ0n) is 14.4. The molecule has 6 nitrogen and oxygen atoms in total. The topological polar surface area (TPSA) is 81.7 Å². The van der Waals surface area contributed by atoms with Crippen LogP contribution in [-0.4, -0.2) is 28.1 Å². The highest BCUT2D eigenvalue weighted by Crippen LogP contribution is 2.24. The van der Waals surface area contributed by atoms with Crippen molar-refractivity contribution in [3.8, 4) is 5.75 Å². The second kappa shape index (κ2) is 8.02. The first-order chi connectivity index (χ1) is 11.8. The van der Waals surface area contributed by atoms with Crippen LogP contribution in [0.2, 0.25) is 0 Å². The zero-order valence-corrected chi connectivity index (χ0v) is 15.2. The van der Waals surface area contributed by atoms with Crippen molar-refractivity contribution in [2.24, 2.45) is 0 Å². The minimum absolute atomic E-state index is 0.130. The lowest BCUT2D eigenvalue weighted by molar-refractivity contribution is -0.141. The van der Waals surface area contributed by atoms with Gasteiger partial charge in [0, 0.05) is 0 Å². The summed E-state index contributed by atoms with van der Waals surface area (Å²) in [5.41, 5.74) is 2.29. The fraction of sp³-hybridized carbons (Fsp3) is 0.278. The molecule has 0 saturated carbocycles. The van der Waals surface area contributed by atoms with Crippen molar-refractivity contribution in [2.45, 2.75) is 25.2 Å². The van der Waals surface area contributed by atoms with Gasteiger partial charge < -0.3 is 9.47 Å². The SMILES string of the molecule is COC(=O)CCOc1ccc(S(=O)(=O)Nc2c(C)cccc2C)cc1. The van der Waals surface area contributed by atoms with Crippen LogP contribution in [-0.2, 0) is 19.6 Å². The van der Waals surface area contributed by atoms with Crippen LogP contribution in [0.25, 0.3) is 0 Å². The summed E-state index contributed by atoms with van der Waals surface area (Å²) in [6, 6.07) is 11.6. The summed E-state index contributed by atoms with van der Waals surface area (Å²) in [6.45, 7) is 3.87. The van der Waals surface area contributed by atoms with Gasteiger partial charge in [0.05, 0.1) is 30.7 Å². The lowest BCUT2D eigenvalue weighted by atomic mass is 10.1. The largest absolute Gasteiger partial charge is 0.493 e. The number of hydrogen-bond acceptors (Lipinski definition) is 5. The van der Waals surface area contributed by atoms with E-state index in [4.69, 9.17) is 4.74 Å². The van der Waals surface area contributed by atoms with E-state index in [1.165, 1.54) is 19.2 Å². The van der Waals surface area contributed by atoms with Crippen LogP contribution in [0.3, 0.4) is 0 Å². The van der Waals surface area contributed by atoms with Gasteiger partial charge in [-0.1, -0.05) is 18.2 Å². The third kappa shape index (κ3) is 4.96. The molecule has 2 rings (SSSR count). The normalized spacial score (nSPS) is 11.0. The number of carbonyl (C=O) groups is 1. The van der Waals surface area contributed by atoms with E-state index in [1.54, 1.807) is 12.1 Å². The van der Waals surface area contributed by atoms with Crippen molar-refractivity contribution in [1.82, 2.24) is 0 Å². The van der Waals surface area contributed by atoms with Gasteiger partial charge in [-0.05, 0) is 49.2 Å².